The number of aromatic nitrogens is 3. The second-order valence-corrected chi connectivity index (χ2v) is 10.2. The molecule has 0 spiro atoms. The van der Waals surface area contributed by atoms with Crippen molar-refractivity contribution in [2.75, 3.05) is 0 Å². The van der Waals surface area contributed by atoms with Crippen LogP contribution < -0.4 is 0 Å². The van der Waals surface area contributed by atoms with Gasteiger partial charge in [-0.25, -0.2) is 9.97 Å². The second-order valence-electron chi connectivity index (χ2n) is 10.2. The fraction of sp³-hybridized carbons (Fsp3) is 0. The van der Waals surface area contributed by atoms with Gasteiger partial charge in [-0.2, -0.15) is 0 Å². The first kappa shape index (κ1) is 21.5. The Morgan fingerprint density at radius 2 is 1.27 bits per heavy atom. The third kappa shape index (κ3) is 2.85. The van der Waals surface area contributed by atoms with E-state index in [1.807, 2.05) is 24.4 Å². The van der Waals surface area contributed by atoms with Crippen molar-refractivity contribution in [3.8, 4) is 17.1 Å². The number of nitrogens with zero attached hydrogens (tertiary/aromatic N) is 3. The number of hydrogen-bond acceptors (Lipinski definition) is 3. The Morgan fingerprint density at radius 1 is 0.550 bits per heavy atom. The summed E-state index contributed by atoms with van der Waals surface area (Å²) in [5, 5.41) is 7.79. The van der Waals surface area contributed by atoms with Gasteiger partial charge in [-0.3, -0.25) is 4.57 Å². The van der Waals surface area contributed by atoms with E-state index in [9.17, 15) is 0 Å². The Bertz CT molecular complexity index is 2430. The van der Waals surface area contributed by atoms with Gasteiger partial charge in [-0.15, -0.1) is 0 Å². The molecule has 0 bridgehead atoms. The summed E-state index contributed by atoms with van der Waals surface area (Å²) in [7, 11) is 0. The van der Waals surface area contributed by atoms with E-state index >= 15 is 0 Å². The highest BCUT2D eigenvalue weighted by molar-refractivity contribution is 6.35. The molecule has 6 aromatic carbocycles. The molecular weight excluding hydrogens is 490 g/mol. The largest absolute Gasteiger partial charge is 0.455 e. The molecule has 0 radical (unpaired) electrons. The zero-order chi connectivity index (χ0) is 26.2. The summed E-state index contributed by atoms with van der Waals surface area (Å²) < 4.78 is 8.74. The Morgan fingerprint density at radius 3 is 2.15 bits per heavy atom. The number of hydrogen-bond donors (Lipinski definition) is 0. The standard InChI is InChI=1S/C36H21N3O/c1-2-11-22(12-3-1)23-17-10-18-29-28(23)21-37-36(38-29)39-30-19-8-6-15-26(30)32-33-27-16-7-9-20-31(27)40-35(33)25-14-5-4-13-24(25)34(32)39/h1-21H. The predicted octanol–water partition coefficient (Wildman–Crippen LogP) is 9.45. The molecule has 0 saturated carbocycles. The van der Waals surface area contributed by atoms with Crippen molar-refractivity contribution in [3.63, 3.8) is 0 Å². The van der Waals surface area contributed by atoms with Crippen LogP contribution in [0.1, 0.15) is 0 Å². The maximum Gasteiger partial charge on any atom is 0.235 e. The Hall–Kier alpha value is -5.48. The summed E-state index contributed by atoms with van der Waals surface area (Å²) in [6, 6.07) is 42.0. The predicted molar refractivity (Wildman–Crippen MR) is 164 cm³/mol. The summed E-state index contributed by atoms with van der Waals surface area (Å²) in [4.78, 5) is 10.2. The molecule has 0 aliphatic heterocycles. The summed E-state index contributed by atoms with van der Waals surface area (Å²) in [5.41, 5.74) is 7.16. The van der Waals surface area contributed by atoms with Crippen molar-refractivity contribution in [1.82, 2.24) is 14.5 Å². The zero-order valence-electron chi connectivity index (χ0n) is 21.4. The molecule has 4 nitrogen and oxygen atoms in total. The Balaban J connectivity index is 1.45. The van der Waals surface area contributed by atoms with E-state index < -0.39 is 0 Å². The second kappa shape index (κ2) is 8.01. The van der Waals surface area contributed by atoms with Crippen LogP contribution in [0, 0.1) is 0 Å². The normalized spacial score (nSPS) is 12.0. The van der Waals surface area contributed by atoms with Crippen molar-refractivity contribution >= 4 is 65.4 Å². The minimum Gasteiger partial charge on any atom is -0.455 e. The molecule has 3 aromatic heterocycles. The molecule has 40 heavy (non-hydrogen) atoms. The fourth-order valence-corrected chi connectivity index (χ4v) is 6.35. The van der Waals surface area contributed by atoms with Gasteiger partial charge in [-0.1, -0.05) is 103 Å². The van der Waals surface area contributed by atoms with Gasteiger partial charge in [0.25, 0.3) is 0 Å². The van der Waals surface area contributed by atoms with E-state index in [0.717, 1.165) is 76.5 Å². The molecule has 0 aliphatic rings. The Kier molecular flexibility index (Phi) is 4.30. The highest BCUT2D eigenvalue weighted by Gasteiger charge is 2.23. The highest BCUT2D eigenvalue weighted by Crippen LogP contribution is 2.45. The van der Waals surface area contributed by atoms with Gasteiger partial charge in [0, 0.05) is 43.9 Å². The molecule has 0 N–H and O–H groups in total. The van der Waals surface area contributed by atoms with Crippen LogP contribution in [0.4, 0.5) is 0 Å². The van der Waals surface area contributed by atoms with E-state index in [0.29, 0.717) is 5.95 Å². The van der Waals surface area contributed by atoms with Crippen LogP contribution in [-0.2, 0) is 0 Å². The summed E-state index contributed by atoms with van der Waals surface area (Å²) >= 11 is 0. The lowest BCUT2D eigenvalue weighted by Crippen LogP contribution is -2.01. The average Bonchev–Trinajstić information content (AvgIpc) is 3.58. The molecule has 0 fully saturated rings. The quantitative estimate of drug-likeness (QED) is 0.232. The number of fused-ring (bicyclic) bond motifs is 11. The van der Waals surface area contributed by atoms with Crippen molar-refractivity contribution in [1.29, 1.82) is 0 Å². The number of furan rings is 1. The van der Waals surface area contributed by atoms with E-state index in [1.54, 1.807) is 0 Å². The lowest BCUT2D eigenvalue weighted by molar-refractivity contribution is 0.673. The Labute approximate surface area is 228 Å². The molecule has 0 atom stereocenters. The molecule has 0 saturated heterocycles. The van der Waals surface area contributed by atoms with Crippen molar-refractivity contribution in [2.45, 2.75) is 0 Å². The summed E-state index contributed by atoms with van der Waals surface area (Å²) in [6.45, 7) is 0. The van der Waals surface area contributed by atoms with Crippen LogP contribution in [0.25, 0.3) is 82.5 Å². The zero-order valence-corrected chi connectivity index (χ0v) is 21.4. The van der Waals surface area contributed by atoms with E-state index in [-0.39, 0.29) is 0 Å². The topological polar surface area (TPSA) is 43.9 Å². The monoisotopic (exact) mass is 511 g/mol. The fourth-order valence-electron chi connectivity index (χ4n) is 6.35. The van der Waals surface area contributed by atoms with Crippen molar-refractivity contribution < 1.29 is 4.42 Å². The molecule has 9 aromatic rings. The van der Waals surface area contributed by atoms with Gasteiger partial charge in [-0.05, 0) is 29.3 Å². The molecule has 3 heterocycles. The molecule has 0 aliphatic carbocycles. The first-order valence-corrected chi connectivity index (χ1v) is 13.4. The number of rotatable bonds is 2. The maximum absolute atomic E-state index is 6.51. The number of para-hydroxylation sites is 2. The van der Waals surface area contributed by atoms with E-state index in [4.69, 9.17) is 14.4 Å². The summed E-state index contributed by atoms with van der Waals surface area (Å²) in [5.74, 6) is 0.654. The SMILES string of the molecule is c1ccc(-c2cccc3nc(-n4c5ccccc5c5c6c7ccccc7oc6c6ccccc6c54)ncc23)cc1. The lowest BCUT2D eigenvalue weighted by atomic mass is 9.99. The first-order valence-electron chi connectivity index (χ1n) is 13.4. The van der Waals surface area contributed by atoms with Crippen LogP contribution in [0.5, 0.6) is 0 Å². The number of benzene rings is 6. The van der Waals surface area contributed by atoms with Gasteiger partial charge in [0.15, 0.2) is 0 Å². The van der Waals surface area contributed by atoms with Gasteiger partial charge >= 0.3 is 0 Å². The first-order chi connectivity index (χ1) is 19.9. The van der Waals surface area contributed by atoms with Gasteiger partial charge < -0.3 is 4.42 Å². The molecule has 4 heteroatoms. The molecular formula is C36H21N3O. The minimum absolute atomic E-state index is 0.654. The molecule has 9 rings (SSSR count). The van der Waals surface area contributed by atoms with E-state index in [1.165, 1.54) is 0 Å². The lowest BCUT2D eigenvalue weighted by Gasteiger charge is -2.11. The van der Waals surface area contributed by atoms with Crippen molar-refractivity contribution in [3.05, 3.63) is 128 Å². The maximum atomic E-state index is 6.51. The van der Waals surface area contributed by atoms with E-state index in [2.05, 4.69) is 108 Å². The smallest absolute Gasteiger partial charge is 0.235 e. The molecule has 0 unspecified atom stereocenters. The van der Waals surface area contributed by atoms with Crippen molar-refractivity contribution in [2.24, 2.45) is 0 Å². The van der Waals surface area contributed by atoms with Gasteiger partial charge in [0.1, 0.15) is 11.2 Å². The van der Waals surface area contributed by atoms with Crippen LogP contribution in [0.15, 0.2) is 132 Å². The van der Waals surface area contributed by atoms with Gasteiger partial charge in [0.2, 0.25) is 5.95 Å². The van der Waals surface area contributed by atoms with Crippen LogP contribution >= 0.6 is 0 Å². The van der Waals surface area contributed by atoms with Gasteiger partial charge in [0.05, 0.1) is 16.6 Å². The third-order valence-electron chi connectivity index (χ3n) is 8.04. The average molecular weight is 512 g/mol. The summed E-state index contributed by atoms with van der Waals surface area (Å²) in [6.07, 6.45) is 1.97. The highest BCUT2D eigenvalue weighted by atomic mass is 16.3. The van der Waals surface area contributed by atoms with Crippen LogP contribution in [0.2, 0.25) is 0 Å². The van der Waals surface area contributed by atoms with Crippen LogP contribution in [-0.4, -0.2) is 14.5 Å². The third-order valence-corrected chi connectivity index (χ3v) is 8.04. The minimum atomic E-state index is 0.654. The van der Waals surface area contributed by atoms with Crippen LogP contribution in [0.3, 0.4) is 0 Å². The molecule has 186 valence electrons. The molecule has 0 amide bonds.